The van der Waals surface area contributed by atoms with Crippen LogP contribution in [0.25, 0.3) is 0 Å². The van der Waals surface area contributed by atoms with Crippen LogP contribution in [0.4, 0.5) is 4.79 Å². The van der Waals surface area contributed by atoms with Crippen molar-refractivity contribution in [1.29, 1.82) is 0 Å². The number of ether oxygens (including phenoxy) is 1. The van der Waals surface area contributed by atoms with E-state index < -0.39 is 20.0 Å². The van der Waals surface area contributed by atoms with E-state index in [2.05, 4.69) is 44.4 Å². The lowest BCUT2D eigenvalue weighted by Crippen LogP contribution is -2.42. The number of hydrogen-bond donors (Lipinski definition) is 1. The first-order valence-corrected chi connectivity index (χ1v) is 9.59. The molecule has 118 valence electrons. The number of hydrazine groups is 1. The molecule has 0 aliphatic carbocycles. The van der Waals surface area contributed by atoms with Crippen LogP contribution < -0.4 is 5.43 Å². The third kappa shape index (κ3) is 7.37. The molecule has 0 aliphatic rings. The number of rotatable bonds is 4. The number of amides is 1. The van der Waals surface area contributed by atoms with Gasteiger partial charge in [-0.15, -0.1) is 0 Å². The maximum absolute atomic E-state index is 11.5. The Morgan fingerprint density at radius 3 is 2.10 bits per heavy atom. The molecule has 0 bridgehead atoms. The van der Waals surface area contributed by atoms with Gasteiger partial charge < -0.3 is 9.26 Å². The highest BCUT2D eigenvalue weighted by Crippen LogP contribution is 2.36. The minimum absolute atomic E-state index is 0.0848. The molecule has 0 radical (unpaired) electrons. The summed E-state index contributed by atoms with van der Waals surface area (Å²) in [6.45, 7) is 16.0. The first kappa shape index (κ1) is 18.8. The van der Waals surface area contributed by atoms with Gasteiger partial charge in [0.05, 0.1) is 0 Å². The average molecular weight is 303 g/mol. The van der Waals surface area contributed by atoms with Gasteiger partial charge in [0, 0.05) is 7.05 Å². The monoisotopic (exact) mass is 303 g/mol. The van der Waals surface area contributed by atoms with E-state index in [1.807, 2.05) is 0 Å². The molecule has 0 saturated heterocycles. The third-order valence-corrected chi connectivity index (χ3v) is 7.15. The average Bonchev–Trinajstić information content (AvgIpc) is 2.11. The SMILES string of the molecule is CN(C=NO[Si](C)(C)C(C)(C)C)NC(=O)OC(C)(C)C. The number of carbonyl (C=O) groups is 1. The summed E-state index contributed by atoms with van der Waals surface area (Å²) in [7, 11) is -0.263. The summed E-state index contributed by atoms with van der Waals surface area (Å²) < 4.78 is 10.7. The van der Waals surface area contributed by atoms with Gasteiger partial charge in [-0.1, -0.05) is 25.9 Å². The predicted octanol–water partition coefficient (Wildman–Crippen LogP) is 3.32. The summed E-state index contributed by atoms with van der Waals surface area (Å²) in [5, 5.41) is 5.44. The maximum atomic E-state index is 11.5. The van der Waals surface area contributed by atoms with Crippen LogP contribution in [0, 0.1) is 0 Å². The van der Waals surface area contributed by atoms with E-state index in [9.17, 15) is 4.79 Å². The zero-order chi connectivity index (χ0) is 16.2. The van der Waals surface area contributed by atoms with Crippen molar-refractivity contribution >= 4 is 20.7 Å². The first-order chi connectivity index (χ1) is 8.74. The van der Waals surface area contributed by atoms with Crippen molar-refractivity contribution < 1.29 is 14.1 Å². The van der Waals surface area contributed by atoms with Gasteiger partial charge in [-0.25, -0.2) is 10.2 Å². The molecule has 0 spiro atoms. The molecule has 7 heteroatoms. The van der Waals surface area contributed by atoms with E-state index >= 15 is 0 Å². The smallest absolute Gasteiger partial charge is 0.426 e. The zero-order valence-electron chi connectivity index (χ0n) is 14.2. The predicted molar refractivity (Wildman–Crippen MR) is 83.9 cm³/mol. The molecule has 0 saturated carbocycles. The van der Waals surface area contributed by atoms with Gasteiger partial charge in [-0.05, 0) is 38.9 Å². The molecule has 0 aromatic heterocycles. The summed E-state index contributed by atoms with van der Waals surface area (Å²) in [4.78, 5) is 11.5. The molecule has 20 heavy (non-hydrogen) atoms. The fourth-order valence-electron chi connectivity index (χ4n) is 0.837. The molecule has 0 rings (SSSR count). The number of carbonyl (C=O) groups excluding carboxylic acids is 1. The third-order valence-electron chi connectivity index (χ3n) is 2.97. The molecule has 1 N–H and O–H groups in total. The van der Waals surface area contributed by atoms with E-state index in [1.54, 1.807) is 27.8 Å². The highest BCUT2D eigenvalue weighted by Gasteiger charge is 2.39. The van der Waals surface area contributed by atoms with Crippen LogP contribution in [0.5, 0.6) is 0 Å². The van der Waals surface area contributed by atoms with Gasteiger partial charge in [0.1, 0.15) is 11.9 Å². The van der Waals surface area contributed by atoms with Crippen LogP contribution in [0.1, 0.15) is 41.5 Å². The van der Waals surface area contributed by atoms with Crippen LogP contribution in [0.15, 0.2) is 5.16 Å². The van der Waals surface area contributed by atoms with Gasteiger partial charge in [0.2, 0.25) is 0 Å². The first-order valence-electron chi connectivity index (χ1n) is 6.69. The Morgan fingerprint density at radius 2 is 1.70 bits per heavy atom. The highest BCUT2D eigenvalue weighted by molar-refractivity contribution is 6.74. The lowest BCUT2D eigenvalue weighted by Gasteiger charge is -2.33. The van der Waals surface area contributed by atoms with Crippen LogP contribution in [0.3, 0.4) is 0 Å². The highest BCUT2D eigenvalue weighted by atomic mass is 28.4. The fraction of sp³-hybridized carbons (Fsp3) is 0.846. The second-order valence-electron chi connectivity index (χ2n) is 7.30. The second-order valence-corrected chi connectivity index (χ2v) is 12.0. The van der Waals surface area contributed by atoms with Crippen molar-refractivity contribution in [3.63, 3.8) is 0 Å². The van der Waals surface area contributed by atoms with E-state index in [1.165, 1.54) is 11.3 Å². The number of nitrogens with one attached hydrogen (secondary N) is 1. The Bertz CT molecular complexity index is 357. The van der Waals surface area contributed by atoms with Gasteiger partial charge in [-0.2, -0.15) is 0 Å². The normalized spacial score (nSPS) is 13.2. The van der Waals surface area contributed by atoms with Crippen LogP contribution in [-0.2, 0) is 9.26 Å². The van der Waals surface area contributed by atoms with E-state index in [-0.39, 0.29) is 5.04 Å². The molecule has 0 aliphatic heterocycles. The zero-order valence-corrected chi connectivity index (χ0v) is 15.2. The topological polar surface area (TPSA) is 63.2 Å². The summed E-state index contributed by atoms with van der Waals surface area (Å²) in [6.07, 6.45) is 0.892. The Hall–Kier alpha value is -1.24. The van der Waals surface area contributed by atoms with E-state index in [0.29, 0.717) is 0 Å². The lowest BCUT2D eigenvalue weighted by molar-refractivity contribution is 0.0438. The molecule has 0 aromatic rings. The van der Waals surface area contributed by atoms with Gasteiger partial charge >= 0.3 is 6.09 Å². The van der Waals surface area contributed by atoms with Crippen molar-refractivity contribution in [2.24, 2.45) is 5.16 Å². The van der Waals surface area contributed by atoms with Crippen molar-refractivity contribution in [2.45, 2.75) is 65.3 Å². The number of hydrogen-bond acceptors (Lipinski definition) is 4. The number of oxime groups is 1. The molecular weight excluding hydrogens is 274 g/mol. The molecule has 0 heterocycles. The maximum Gasteiger partial charge on any atom is 0.426 e. The van der Waals surface area contributed by atoms with Crippen LogP contribution >= 0.6 is 0 Å². The molecule has 6 nitrogen and oxygen atoms in total. The molecule has 1 amide bonds. The quantitative estimate of drug-likeness (QED) is 0.374. The summed E-state index contributed by atoms with van der Waals surface area (Å²) in [6, 6.07) is 0. The van der Waals surface area contributed by atoms with Crippen molar-refractivity contribution in [1.82, 2.24) is 10.4 Å². The Morgan fingerprint density at radius 1 is 1.20 bits per heavy atom. The van der Waals surface area contributed by atoms with E-state index in [4.69, 9.17) is 9.26 Å². The van der Waals surface area contributed by atoms with Gasteiger partial charge in [0.15, 0.2) is 0 Å². The molecule has 0 fully saturated rings. The molecule has 0 unspecified atom stereocenters. The Balaban J connectivity index is 4.32. The lowest BCUT2D eigenvalue weighted by atomic mass is 10.2. The fourth-order valence-corrected chi connectivity index (χ4v) is 1.42. The van der Waals surface area contributed by atoms with E-state index in [0.717, 1.165) is 0 Å². The van der Waals surface area contributed by atoms with Crippen molar-refractivity contribution in [3.8, 4) is 0 Å². The summed E-state index contributed by atoms with van der Waals surface area (Å²) >= 11 is 0. The van der Waals surface area contributed by atoms with Crippen LogP contribution in [-0.4, -0.2) is 38.4 Å². The second kappa shape index (κ2) is 6.47. The molecular formula is C13H29N3O3Si. The summed E-state index contributed by atoms with van der Waals surface area (Å²) in [5.74, 6) is 0. The largest absolute Gasteiger partial charge is 0.454 e. The minimum atomic E-state index is -1.92. The minimum Gasteiger partial charge on any atom is -0.454 e. The van der Waals surface area contributed by atoms with Crippen molar-refractivity contribution in [3.05, 3.63) is 0 Å². The van der Waals surface area contributed by atoms with Crippen molar-refractivity contribution in [2.75, 3.05) is 7.05 Å². The summed E-state index contributed by atoms with van der Waals surface area (Å²) in [5.41, 5.74) is 1.99. The molecule has 0 atom stereocenters. The number of nitrogens with zero attached hydrogens (tertiary/aromatic N) is 2. The van der Waals surface area contributed by atoms with Crippen LogP contribution in [0.2, 0.25) is 18.1 Å². The van der Waals surface area contributed by atoms with Gasteiger partial charge in [0.25, 0.3) is 8.32 Å². The Kier molecular flexibility index (Phi) is 6.07. The molecule has 0 aromatic carbocycles. The Labute approximate surface area is 123 Å². The van der Waals surface area contributed by atoms with Gasteiger partial charge in [-0.3, -0.25) is 5.01 Å². The standard InChI is InChI=1S/C13H29N3O3Si/c1-12(2,3)18-11(17)15-16(7)10-14-19-20(8,9)13(4,5)6/h10H,1-9H3,(H,15,17).